The summed E-state index contributed by atoms with van der Waals surface area (Å²) < 4.78 is 6.30. The first-order chi connectivity index (χ1) is 19.9. The molecule has 0 aliphatic heterocycles. The summed E-state index contributed by atoms with van der Waals surface area (Å²) >= 11 is 1.22. The number of allylic oxidation sites excluding steroid dienone is 1. The highest BCUT2D eigenvalue weighted by molar-refractivity contribution is 7.22. The van der Waals surface area contributed by atoms with E-state index in [4.69, 9.17) is 4.74 Å². The van der Waals surface area contributed by atoms with Crippen molar-refractivity contribution in [2.75, 3.05) is 11.9 Å². The Morgan fingerprint density at radius 1 is 1.10 bits per heavy atom. The van der Waals surface area contributed by atoms with Crippen LogP contribution in [0.25, 0.3) is 16.0 Å². The largest absolute Gasteiger partial charge is 0.507 e. The second-order valence-electron chi connectivity index (χ2n) is 9.48. The van der Waals surface area contributed by atoms with Crippen LogP contribution in [0, 0.1) is 0 Å². The number of Topliss-reactive ketones (excluding diaryl/α,β-unsaturated/α-hetero) is 2. The molecule has 1 aliphatic rings. The lowest BCUT2D eigenvalue weighted by Gasteiger charge is -2.25. The third-order valence-electron chi connectivity index (χ3n) is 6.80. The molecule has 1 aromatic heterocycles. The summed E-state index contributed by atoms with van der Waals surface area (Å²) in [5.74, 6) is -1.73. The Hall–Kier alpha value is -4.83. The van der Waals surface area contributed by atoms with Gasteiger partial charge in [0.25, 0.3) is 5.91 Å². The Morgan fingerprint density at radius 2 is 1.85 bits per heavy atom. The summed E-state index contributed by atoms with van der Waals surface area (Å²) in [5.41, 5.74) is 2.35. The Morgan fingerprint density at radius 3 is 2.61 bits per heavy atom. The van der Waals surface area contributed by atoms with Crippen molar-refractivity contribution in [2.24, 2.45) is 5.16 Å². The van der Waals surface area contributed by atoms with Crippen LogP contribution in [0.1, 0.15) is 42.4 Å². The number of hydrogen-bond acceptors (Lipinski definition) is 9. The van der Waals surface area contributed by atoms with Crippen LogP contribution >= 0.6 is 11.3 Å². The van der Waals surface area contributed by atoms with E-state index in [2.05, 4.69) is 15.5 Å². The number of benzene rings is 3. The average molecular weight is 570 g/mol. The van der Waals surface area contributed by atoms with E-state index in [1.165, 1.54) is 11.3 Å². The van der Waals surface area contributed by atoms with Gasteiger partial charge in [-0.15, -0.1) is 0 Å². The first kappa shape index (κ1) is 27.7. The standard InChI is InChI=1S/C31H27N3O6S/c1-2-40-21-12-13-24-27(17-21)41-31(32-24)33-30(38)25(34-39)16-20(35)15-23(18-8-4-3-5-9-18)28-26(36)14-19-10-6-7-11-22(19)29(28)37/h3-13,17,23,37,39H,2,14-16H2,1H3,(H,32,33,38)/b34-25+. The summed E-state index contributed by atoms with van der Waals surface area (Å²) in [5, 5.41) is 26.7. The normalized spacial score (nSPS) is 14.1. The molecule has 1 aliphatic carbocycles. The lowest BCUT2D eigenvalue weighted by molar-refractivity contribution is -0.119. The Balaban J connectivity index is 1.35. The van der Waals surface area contributed by atoms with Crippen LogP contribution in [0.4, 0.5) is 5.13 Å². The van der Waals surface area contributed by atoms with E-state index in [9.17, 15) is 24.7 Å². The zero-order valence-corrected chi connectivity index (χ0v) is 23.0. The fourth-order valence-corrected chi connectivity index (χ4v) is 5.80. The average Bonchev–Trinajstić information content (AvgIpc) is 3.37. The Kier molecular flexibility index (Phi) is 8.21. The van der Waals surface area contributed by atoms with Gasteiger partial charge in [0.1, 0.15) is 17.3 Å². The fraction of sp³-hybridized carbons (Fsp3) is 0.194. The van der Waals surface area contributed by atoms with Crippen molar-refractivity contribution in [3.63, 3.8) is 0 Å². The van der Waals surface area contributed by atoms with Gasteiger partial charge in [-0.1, -0.05) is 71.1 Å². The number of oxime groups is 1. The van der Waals surface area contributed by atoms with Gasteiger partial charge in [-0.25, -0.2) is 4.98 Å². The molecule has 0 bridgehead atoms. The monoisotopic (exact) mass is 569 g/mol. The van der Waals surface area contributed by atoms with Crippen LogP contribution in [-0.2, 0) is 20.8 Å². The van der Waals surface area contributed by atoms with Crippen molar-refractivity contribution < 1.29 is 29.4 Å². The number of aliphatic hydroxyl groups is 1. The van der Waals surface area contributed by atoms with E-state index in [-0.39, 0.29) is 35.1 Å². The Labute approximate surface area is 239 Å². The van der Waals surface area contributed by atoms with Crippen molar-refractivity contribution >= 4 is 55.6 Å². The first-order valence-electron chi connectivity index (χ1n) is 13.0. The number of hydrogen-bond donors (Lipinski definition) is 3. The van der Waals surface area contributed by atoms with Gasteiger partial charge in [-0.2, -0.15) is 0 Å². The molecule has 1 unspecified atom stereocenters. The molecule has 41 heavy (non-hydrogen) atoms. The predicted molar refractivity (Wildman–Crippen MR) is 157 cm³/mol. The summed E-state index contributed by atoms with van der Waals surface area (Å²) in [7, 11) is 0. The molecule has 0 saturated carbocycles. The molecular formula is C31H27N3O6S. The molecule has 3 N–H and O–H groups in total. The molecule has 3 aromatic carbocycles. The maximum Gasteiger partial charge on any atom is 0.275 e. The van der Waals surface area contributed by atoms with E-state index < -0.39 is 29.7 Å². The minimum Gasteiger partial charge on any atom is -0.507 e. The van der Waals surface area contributed by atoms with Crippen molar-refractivity contribution in [3.05, 3.63) is 95.1 Å². The predicted octanol–water partition coefficient (Wildman–Crippen LogP) is 5.69. The molecule has 1 atom stereocenters. The molecule has 208 valence electrons. The minimum absolute atomic E-state index is 0.104. The first-order valence-corrected chi connectivity index (χ1v) is 13.9. The zero-order chi connectivity index (χ0) is 28.9. The minimum atomic E-state index is -0.772. The number of carbonyl (C=O) groups is 3. The molecular weight excluding hydrogens is 542 g/mol. The SMILES string of the molecule is CCOc1ccc2nc(NC(=O)/C(CC(=O)CC(C3=C(O)c4ccccc4CC3=O)c3ccccc3)=N/O)sc2c1. The van der Waals surface area contributed by atoms with Gasteiger partial charge in [0.15, 0.2) is 16.6 Å². The topological polar surface area (TPSA) is 138 Å². The second kappa shape index (κ2) is 12.1. The van der Waals surface area contributed by atoms with Gasteiger partial charge >= 0.3 is 0 Å². The Bertz CT molecular complexity index is 1690. The number of nitrogens with zero attached hydrogens (tertiary/aromatic N) is 2. The van der Waals surface area contributed by atoms with Gasteiger partial charge in [-0.3, -0.25) is 19.7 Å². The molecule has 9 nitrogen and oxygen atoms in total. The van der Waals surface area contributed by atoms with Crippen LogP contribution in [0.15, 0.2) is 83.5 Å². The number of anilines is 1. The number of thiazole rings is 1. The second-order valence-corrected chi connectivity index (χ2v) is 10.5. The highest BCUT2D eigenvalue weighted by atomic mass is 32.1. The lowest BCUT2D eigenvalue weighted by Crippen LogP contribution is -2.27. The van der Waals surface area contributed by atoms with Crippen molar-refractivity contribution in [1.82, 2.24) is 4.98 Å². The third kappa shape index (κ3) is 6.02. The molecule has 0 fully saturated rings. The number of carbonyl (C=O) groups excluding carboxylic acids is 3. The van der Waals surface area contributed by atoms with E-state index in [0.717, 1.165) is 4.70 Å². The van der Waals surface area contributed by atoms with E-state index in [1.807, 2.05) is 19.1 Å². The molecule has 0 saturated heterocycles. The number of aliphatic hydroxyl groups excluding tert-OH is 1. The fourth-order valence-electron chi connectivity index (χ4n) is 4.91. The van der Waals surface area contributed by atoms with Gasteiger partial charge in [0.2, 0.25) is 0 Å². The molecule has 1 heterocycles. The lowest BCUT2D eigenvalue weighted by atomic mass is 9.78. The molecule has 5 rings (SSSR count). The van der Waals surface area contributed by atoms with Crippen LogP contribution in [-0.4, -0.2) is 45.1 Å². The van der Waals surface area contributed by atoms with Crippen molar-refractivity contribution in [1.29, 1.82) is 0 Å². The van der Waals surface area contributed by atoms with Gasteiger partial charge in [0.05, 0.1) is 23.2 Å². The quantitative estimate of drug-likeness (QED) is 0.127. The summed E-state index contributed by atoms with van der Waals surface area (Å²) in [4.78, 5) is 43.8. The maximum atomic E-state index is 13.3. The van der Waals surface area contributed by atoms with Crippen LogP contribution in [0.2, 0.25) is 0 Å². The summed E-state index contributed by atoms with van der Waals surface area (Å²) in [6.45, 7) is 2.40. The summed E-state index contributed by atoms with van der Waals surface area (Å²) in [6, 6.07) is 21.4. The number of ketones is 2. The molecule has 4 aromatic rings. The van der Waals surface area contributed by atoms with Gasteiger partial charge < -0.3 is 15.1 Å². The zero-order valence-electron chi connectivity index (χ0n) is 22.2. The van der Waals surface area contributed by atoms with Crippen LogP contribution in [0.5, 0.6) is 5.75 Å². The number of ether oxygens (including phenoxy) is 1. The number of nitrogens with one attached hydrogen (secondary N) is 1. The van der Waals surface area contributed by atoms with Crippen molar-refractivity contribution in [3.8, 4) is 5.75 Å². The maximum absolute atomic E-state index is 13.3. The van der Waals surface area contributed by atoms with Gasteiger partial charge in [0, 0.05) is 29.9 Å². The van der Waals surface area contributed by atoms with E-state index in [0.29, 0.717) is 34.6 Å². The van der Waals surface area contributed by atoms with E-state index >= 15 is 0 Å². The van der Waals surface area contributed by atoms with Crippen LogP contribution < -0.4 is 10.1 Å². The number of fused-ring (bicyclic) bond motifs is 2. The van der Waals surface area contributed by atoms with E-state index in [1.54, 1.807) is 60.7 Å². The number of rotatable bonds is 10. The number of amides is 1. The highest BCUT2D eigenvalue weighted by Gasteiger charge is 2.33. The van der Waals surface area contributed by atoms with Crippen LogP contribution in [0.3, 0.4) is 0 Å². The smallest absolute Gasteiger partial charge is 0.275 e. The summed E-state index contributed by atoms with van der Waals surface area (Å²) in [6.07, 6.45) is -0.568. The molecule has 10 heteroatoms. The highest BCUT2D eigenvalue weighted by Crippen LogP contribution is 2.38. The third-order valence-corrected chi connectivity index (χ3v) is 7.73. The van der Waals surface area contributed by atoms with Gasteiger partial charge in [-0.05, 0) is 36.2 Å². The number of aromatic nitrogens is 1. The molecule has 0 spiro atoms. The molecule has 1 amide bonds. The van der Waals surface area contributed by atoms with Crippen molar-refractivity contribution in [2.45, 2.75) is 32.1 Å². The molecule has 0 radical (unpaired) electrons.